The Bertz CT molecular complexity index is 842. The van der Waals surface area contributed by atoms with E-state index in [1.807, 2.05) is 0 Å². The van der Waals surface area contributed by atoms with Crippen LogP contribution in [0.25, 0.3) is 0 Å². The van der Waals surface area contributed by atoms with Crippen molar-refractivity contribution in [2.75, 3.05) is 13.2 Å². The van der Waals surface area contributed by atoms with Crippen molar-refractivity contribution in [2.24, 2.45) is 5.92 Å². The van der Waals surface area contributed by atoms with Gasteiger partial charge in [0.2, 0.25) is 0 Å². The quantitative estimate of drug-likeness (QED) is 0.304. The Morgan fingerprint density at radius 2 is 1.22 bits per heavy atom. The lowest BCUT2D eigenvalue weighted by Gasteiger charge is -2.47. The minimum atomic E-state index is -1.16. The molecule has 0 aromatic carbocycles. The van der Waals surface area contributed by atoms with Gasteiger partial charge in [0.05, 0.1) is 12.2 Å². The summed E-state index contributed by atoms with van der Waals surface area (Å²) < 4.78 is 44.8. The van der Waals surface area contributed by atoms with Crippen molar-refractivity contribution in [1.29, 1.82) is 0 Å². The molecule has 13 nitrogen and oxygen atoms in total. The van der Waals surface area contributed by atoms with Crippen LogP contribution in [0.4, 0.5) is 0 Å². The van der Waals surface area contributed by atoms with Crippen LogP contribution >= 0.6 is 0 Å². The fourth-order valence-electron chi connectivity index (χ4n) is 4.29. The van der Waals surface area contributed by atoms with Crippen LogP contribution in [0.15, 0.2) is 0 Å². The highest BCUT2D eigenvalue weighted by Gasteiger charge is 2.52. The fourth-order valence-corrected chi connectivity index (χ4v) is 4.29. The Morgan fingerprint density at radius 1 is 0.676 bits per heavy atom. The van der Waals surface area contributed by atoms with Gasteiger partial charge in [-0.05, 0) is 6.92 Å². The summed E-state index contributed by atoms with van der Waals surface area (Å²) in [5.41, 5.74) is 0. The second kappa shape index (κ2) is 13.7. The van der Waals surface area contributed by atoms with E-state index in [0.717, 1.165) is 0 Å². The van der Waals surface area contributed by atoms with Gasteiger partial charge in [0.1, 0.15) is 31.5 Å². The molecule has 0 radical (unpaired) electrons. The maximum Gasteiger partial charge on any atom is 0.303 e. The number of rotatable bonds is 9. The topological polar surface area (TPSA) is 159 Å². The number of ether oxygens (including phenoxy) is 8. The number of hydrogen-bond acceptors (Lipinski definition) is 13. The highest BCUT2D eigenvalue weighted by atomic mass is 16.7. The Balaban J connectivity index is 2.40. The van der Waals surface area contributed by atoms with E-state index in [4.69, 9.17) is 37.9 Å². The minimum Gasteiger partial charge on any atom is -0.463 e. The molecule has 0 aromatic rings. The first-order valence-electron chi connectivity index (χ1n) is 12.0. The molecule has 0 bridgehead atoms. The van der Waals surface area contributed by atoms with E-state index in [1.54, 1.807) is 13.8 Å². The average molecular weight is 533 g/mol. The number of carbonyl (C=O) groups excluding carboxylic acids is 5. The zero-order valence-corrected chi connectivity index (χ0v) is 22.1. The number of esters is 5. The third-order valence-corrected chi connectivity index (χ3v) is 5.84. The van der Waals surface area contributed by atoms with Crippen molar-refractivity contribution in [2.45, 2.75) is 104 Å². The van der Waals surface area contributed by atoms with Crippen molar-refractivity contribution >= 4 is 29.8 Å². The molecular weight excluding hydrogens is 496 g/mol. The van der Waals surface area contributed by atoms with Gasteiger partial charge < -0.3 is 37.9 Å². The van der Waals surface area contributed by atoms with Gasteiger partial charge in [0, 0.05) is 47.0 Å². The van der Waals surface area contributed by atoms with Crippen LogP contribution in [0.5, 0.6) is 0 Å². The van der Waals surface area contributed by atoms with E-state index in [-0.39, 0.29) is 19.6 Å². The van der Waals surface area contributed by atoms with Crippen LogP contribution in [-0.4, -0.2) is 92.1 Å². The average Bonchev–Trinajstić information content (AvgIpc) is 2.77. The monoisotopic (exact) mass is 532 g/mol. The van der Waals surface area contributed by atoms with Crippen molar-refractivity contribution in [1.82, 2.24) is 0 Å². The van der Waals surface area contributed by atoms with Gasteiger partial charge in [-0.2, -0.15) is 0 Å². The second-order valence-corrected chi connectivity index (χ2v) is 9.10. The Morgan fingerprint density at radius 3 is 1.76 bits per heavy atom. The normalized spacial score (nSPS) is 33.5. The Kier molecular flexibility index (Phi) is 11.3. The molecule has 13 heteroatoms. The summed E-state index contributed by atoms with van der Waals surface area (Å²) >= 11 is 0. The molecule has 2 fully saturated rings. The third kappa shape index (κ3) is 9.24. The SMILES string of the molecule is CC(=O)OCC1C[C@H](OC(C)=O)C(C)[C@H](O[C@@H]2C(OC(C)=O)[C@H](C)OC(COC(C)=O)[C@@H]2OC(C)=O)O1. The summed E-state index contributed by atoms with van der Waals surface area (Å²) in [7, 11) is 0. The Hall–Kier alpha value is -2.77. The van der Waals surface area contributed by atoms with Gasteiger partial charge in [0.25, 0.3) is 0 Å². The molecule has 0 N–H and O–H groups in total. The zero-order chi connectivity index (χ0) is 27.9. The molecule has 4 unspecified atom stereocenters. The van der Waals surface area contributed by atoms with Crippen LogP contribution in [0, 0.1) is 5.92 Å². The van der Waals surface area contributed by atoms with Gasteiger partial charge in [0.15, 0.2) is 18.5 Å². The van der Waals surface area contributed by atoms with Crippen LogP contribution in [0.1, 0.15) is 54.9 Å². The molecule has 0 aromatic heterocycles. The molecule has 2 heterocycles. The molecule has 0 saturated carbocycles. The van der Waals surface area contributed by atoms with E-state index < -0.39 is 84.8 Å². The summed E-state index contributed by atoms with van der Waals surface area (Å²) in [6.07, 6.45) is -7.14. The van der Waals surface area contributed by atoms with Crippen LogP contribution in [0.3, 0.4) is 0 Å². The van der Waals surface area contributed by atoms with Crippen molar-refractivity contribution in [3.8, 4) is 0 Å². The van der Waals surface area contributed by atoms with Gasteiger partial charge in [-0.25, -0.2) is 0 Å². The highest BCUT2D eigenvalue weighted by Crippen LogP contribution is 2.35. The minimum absolute atomic E-state index is 0.111. The first-order valence-corrected chi connectivity index (χ1v) is 12.0. The van der Waals surface area contributed by atoms with E-state index >= 15 is 0 Å². The Labute approximate surface area is 215 Å². The molecule has 37 heavy (non-hydrogen) atoms. The molecule has 2 rings (SSSR count). The van der Waals surface area contributed by atoms with Gasteiger partial charge in [-0.3, -0.25) is 24.0 Å². The van der Waals surface area contributed by atoms with Gasteiger partial charge in [-0.15, -0.1) is 0 Å². The van der Waals surface area contributed by atoms with Crippen molar-refractivity contribution < 1.29 is 61.9 Å². The van der Waals surface area contributed by atoms with Crippen molar-refractivity contribution in [3.05, 3.63) is 0 Å². The lowest BCUT2D eigenvalue weighted by atomic mass is 9.92. The molecule has 210 valence electrons. The first kappa shape index (κ1) is 30.5. The van der Waals surface area contributed by atoms with Crippen LogP contribution in [0.2, 0.25) is 0 Å². The molecule has 9 atom stereocenters. The maximum absolute atomic E-state index is 12.0. The molecule has 0 spiro atoms. The predicted octanol–water partition coefficient (Wildman–Crippen LogP) is 0.831. The fraction of sp³-hybridized carbons (Fsp3) is 0.792. The number of carbonyl (C=O) groups is 5. The number of hydrogen-bond donors (Lipinski definition) is 0. The first-order chi connectivity index (χ1) is 17.3. The summed E-state index contributed by atoms with van der Waals surface area (Å²) in [5.74, 6) is -3.41. The summed E-state index contributed by atoms with van der Waals surface area (Å²) in [5, 5.41) is 0. The lowest BCUT2D eigenvalue weighted by Crippen LogP contribution is -2.63. The third-order valence-electron chi connectivity index (χ3n) is 5.84. The summed E-state index contributed by atoms with van der Waals surface area (Å²) in [6.45, 7) is 9.14. The molecule has 2 aliphatic heterocycles. The predicted molar refractivity (Wildman–Crippen MR) is 122 cm³/mol. The maximum atomic E-state index is 12.0. The standard InChI is InChI=1S/C24H36O13/c1-11-19(33-15(5)27)8-18(9-30-13(3)25)36-24(11)37-23-21(34-16(6)28)12(2)32-20(10-31-14(4)26)22(23)35-17(7)29/h11-12,18-24H,8-10H2,1-7H3/t11?,12-,18?,19-,20?,21?,22-,23+,24-/m0/s1. The van der Waals surface area contributed by atoms with E-state index in [2.05, 4.69) is 0 Å². The van der Waals surface area contributed by atoms with E-state index in [1.165, 1.54) is 34.6 Å². The van der Waals surface area contributed by atoms with Crippen LogP contribution < -0.4 is 0 Å². The molecule has 0 aliphatic carbocycles. The molecular formula is C24H36O13. The largest absolute Gasteiger partial charge is 0.463 e. The lowest BCUT2D eigenvalue weighted by molar-refractivity contribution is -0.318. The molecule has 0 amide bonds. The van der Waals surface area contributed by atoms with E-state index in [0.29, 0.717) is 0 Å². The van der Waals surface area contributed by atoms with Gasteiger partial charge >= 0.3 is 29.8 Å². The smallest absolute Gasteiger partial charge is 0.303 e. The summed E-state index contributed by atoms with van der Waals surface area (Å²) in [6, 6.07) is 0. The van der Waals surface area contributed by atoms with Crippen LogP contribution in [-0.2, 0) is 61.9 Å². The summed E-state index contributed by atoms with van der Waals surface area (Å²) in [4.78, 5) is 58.4. The second-order valence-electron chi connectivity index (χ2n) is 9.10. The molecule has 2 saturated heterocycles. The van der Waals surface area contributed by atoms with E-state index in [9.17, 15) is 24.0 Å². The highest BCUT2D eigenvalue weighted by molar-refractivity contribution is 5.67. The molecule has 2 aliphatic rings. The van der Waals surface area contributed by atoms with Crippen molar-refractivity contribution in [3.63, 3.8) is 0 Å². The van der Waals surface area contributed by atoms with Gasteiger partial charge in [-0.1, -0.05) is 6.92 Å². The zero-order valence-electron chi connectivity index (χ0n) is 22.1.